The van der Waals surface area contributed by atoms with Gasteiger partial charge < -0.3 is 19.1 Å². The van der Waals surface area contributed by atoms with Gasteiger partial charge in [0.2, 0.25) is 5.91 Å². The first kappa shape index (κ1) is 18.7. The smallest absolute Gasteiger partial charge is 0.231 e. The van der Waals surface area contributed by atoms with Gasteiger partial charge in [-0.3, -0.25) is 9.69 Å². The van der Waals surface area contributed by atoms with Crippen molar-refractivity contribution in [3.8, 4) is 5.75 Å². The monoisotopic (exact) mass is 374 g/mol. The number of carbonyl (C=O) groups excluding carboxylic acids is 1. The summed E-state index contributed by atoms with van der Waals surface area (Å²) in [5.41, 5.74) is 0.904. The van der Waals surface area contributed by atoms with Crippen molar-refractivity contribution in [2.75, 3.05) is 47.0 Å². The van der Waals surface area contributed by atoms with E-state index in [1.807, 2.05) is 17.0 Å². The number of methoxy groups -OCH3 is 2. The fourth-order valence-electron chi connectivity index (χ4n) is 5.04. The van der Waals surface area contributed by atoms with Gasteiger partial charge in [0.25, 0.3) is 0 Å². The van der Waals surface area contributed by atoms with Crippen molar-refractivity contribution in [2.45, 2.75) is 38.0 Å². The van der Waals surface area contributed by atoms with Crippen LogP contribution < -0.4 is 4.74 Å². The number of carbonyl (C=O) groups is 1. The van der Waals surface area contributed by atoms with Crippen molar-refractivity contribution in [1.82, 2.24) is 9.80 Å². The SMILES string of the molecule is COCCN1CCCC2(CC3CN(Cc4cccc(OC)c4)CC2O3)C1=O. The Morgan fingerprint density at radius 1 is 1.30 bits per heavy atom. The van der Waals surface area contributed by atoms with Gasteiger partial charge in [0.05, 0.1) is 31.3 Å². The molecule has 0 saturated carbocycles. The lowest BCUT2D eigenvalue weighted by atomic mass is 9.73. The molecule has 3 unspecified atom stereocenters. The third-order valence-corrected chi connectivity index (χ3v) is 6.32. The van der Waals surface area contributed by atoms with Crippen molar-refractivity contribution >= 4 is 5.91 Å². The topological polar surface area (TPSA) is 51.2 Å². The van der Waals surface area contributed by atoms with Crippen LogP contribution in [0, 0.1) is 5.41 Å². The van der Waals surface area contributed by atoms with Crippen LogP contribution in [0.1, 0.15) is 24.8 Å². The van der Waals surface area contributed by atoms with Crippen LogP contribution in [-0.4, -0.2) is 74.9 Å². The maximum absolute atomic E-state index is 13.3. The van der Waals surface area contributed by atoms with Crippen molar-refractivity contribution < 1.29 is 19.0 Å². The lowest BCUT2D eigenvalue weighted by Gasteiger charge is -2.42. The molecule has 1 spiro atoms. The van der Waals surface area contributed by atoms with Gasteiger partial charge in [0.15, 0.2) is 0 Å². The average molecular weight is 374 g/mol. The Kier molecular flexibility index (Phi) is 5.39. The van der Waals surface area contributed by atoms with Crippen molar-refractivity contribution in [3.05, 3.63) is 29.8 Å². The van der Waals surface area contributed by atoms with Crippen LogP contribution in [0.3, 0.4) is 0 Å². The standard InChI is InChI=1S/C21H30N2O4/c1-25-10-9-23-8-4-7-21(20(23)24)12-18-14-22(15-19(21)27-18)13-16-5-3-6-17(11-16)26-2/h3,5-6,11,18-19H,4,7-10,12-15H2,1-2H3. The second-order valence-electron chi connectivity index (χ2n) is 8.04. The van der Waals surface area contributed by atoms with Gasteiger partial charge in [-0.2, -0.15) is 0 Å². The van der Waals surface area contributed by atoms with Gasteiger partial charge in [-0.25, -0.2) is 0 Å². The predicted molar refractivity (Wildman–Crippen MR) is 102 cm³/mol. The number of nitrogens with zero attached hydrogens (tertiary/aromatic N) is 2. The number of likely N-dealkylation sites (tertiary alicyclic amines) is 2. The number of ether oxygens (including phenoxy) is 3. The first-order valence-corrected chi connectivity index (χ1v) is 9.94. The molecule has 6 nitrogen and oxygen atoms in total. The van der Waals surface area contributed by atoms with Crippen LogP contribution in [-0.2, 0) is 20.8 Å². The molecule has 27 heavy (non-hydrogen) atoms. The number of hydrogen-bond donors (Lipinski definition) is 0. The lowest BCUT2D eigenvalue weighted by molar-refractivity contribution is -0.153. The summed E-state index contributed by atoms with van der Waals surface area (Å²) in [5.74, 6) is 1.16. The maximum Gasteiger partial charge on any atom is 0.231 e. The molecule has 3 saturated heterocycles. The summed E-state index contributed by atoms with van der Waals surface area (Å²) < 4.78 is 16.8. The van der Waals surface area contributed by atoms with E-state index in [4.69, 9.17) is 14.2 Å². The number of morpholine rings is 1. The molecule has 2 bridgehead atoms. The number of rotatable bonds is 6. The van der Waals surface area contributed by atoms with Gasteiger partial charge in [-0.15, -0.1) is 0 Å². The molecule has 3 atom stereocenters. The van der Waals surface area contributed by atoms with E-state index in [0.29, 0.717) is 13.2 Å². The minimum atomic E-state index is -0.334. The molecule has 1 amide bonds. The summed E-state index contributed by atoms with van der Waals surface area (Å²) in [6.07, 6.45) is 3.01. The first-order valence-electron chi connectivity index (χ1n) is 9.94. The third kappa shape index (κ3) is 3.58. The van der Waals surface area contributed by atoms with E-state index >= 15 is 0 Å². The molecule has 6 heteroatoms. The van der Waals surface area contributed by atoms with E-state index < -0.39 is 0 Å². The highest BCUT2D eigenvalue weighted by molar-refractivity contribution is 5.84. The lowest BCUT2D eigenvalue weighted by Crippen LogP contribution is -2.55. The maximum atomic E-state index is 13.3. The Labute approximate surface area is 161 Å². The van der Waals surface area contributed by atoms with Gasteiger partial charge >= 0.3 is 0 Å². The van der Waals surface area contributed by atoms with Crippen molar-refractivity contribution in [2.24, 2.45) is 5.41 Å². The fraction of sp³-hybridized carbons (Fsp3) is 0.667. The number of amides is 1. The molecular weight excluding hydrogens is 344 g/mol. The molecular formula is C21H30N2O4. The van der Waals surface area contributed by atoms with E-state index in [-0.39, 0.29) is 23.5 Å². The molecule has 3 fully saturated rings. The van der Waals surface area contributed by atoms with Crippen LogP contribution in [0.2, 0.25) is 0 Å². The molecule has 0 radical (unpaired) electrons. The highest BCUT2D eigenvalue weighted by atomic mass is 16.5. The minimum Gasteiger partial charge on any atom is -0.497 e. The summed E-state index contributed by atoms with van der Waals surface area (Å²) in [6.45, 7) is 4.69. The fourth-order valence-corrected chi connectivity index (χ4v) is 5.04. The van der Waals surface area contributed by atoms with Crippen LogP contribution in [0.25, 0.3) is 0 Å². The first-order chi connectivity index (χ1) is 13.1. The van der Waals surface area contributed by atoms with Gasteiger partial charge in [-0.1, -0.05) is 12.1 Å². The number of benzene rings is 1. The van der Waals surface area contributed by atoms with Gasteiger partial charge in [-0.05, 0) is 37.0 Å². The van der Waals surface area contributed by atoms with Crippen molar-refractivity contribution in [3.63, 3.8) is 0 Å². The quantitative estimate of drug-likeness (QED) is 0.762. The zero-order valence-corrected chi connectivity index (χ0v) is 16.4. The van der Waals surface area contributed by atoms with Gasteiger partial charge in [0.1, 0.15) is 5.75 Å². The number of hydrogen-bond acceptors (Lipinski definition) is 5. The van der Waals surface area contributed by atoms with Crippen LogP contribution >= 0.6 is 0 Å². The van der Waals surface area contributed by atoms with E-state index in [0.717, 1.165) is 51.2 Å². The second kappa shape index (κ2) is 7.78. The molecule has 0 aromatic heterocycles. The van der Waals surface area contributed by atoms with Crippen LogP contribution in [0.4, 0.5) is 0 Å². The predicted octanol–water partition coefficient (Wildman–Crippen LogP) is 1.92. The molecule has 1 aromatic carbocycles. The van der Waals surface area contributed by atoms with E-state index in [9.17, 15) is 4.79 Å². The van der Waals surface area contributed by atoms with Crippen molar-refractivity contribution in [1.29, 1.82) is 0 Å². The largest absolute Gasteiger partial charge is 0.497 e. The Hall–Kier alpha value is -1.63. The normalized spacial score (nSPS) is 30.9. The number of fused-ring (bicyclic) bond motifs is 3. The third-order valence-electron chi connectivity index (χ3n) is 6.32. The molecule has 0 N–H and O–H groups in total. The molecule has 148 valence electrons. The molecule has 1 aromatic rings. The molecule has 3 heterocycles. The zero-order chi connectivity index (χ0) is 18.9. The molecule has 3 aliphatic heterocycles. The Morgan fingerprint density at radius 3 is 3.00 bits per heavy atom. The number of piperidine rings is 1. The molecule has 3 aliphatic rings. The summed E-state index contributed by atoms with van der Waals surface area (Å²) in [7, 11) is 3.38. The van der Waals surface area contributed by atoms with Crippen LogP contribution in [0.15, 0.2) is 24.3 Å². The summed E-state index contributed by atoms with van der Waals surface area (Å²) in [6, 6.07) is 8.22. The molecule has 0 aliphatic carbocycles. The van der Waals surface area contributed by atoms with E-state index in [1.165, 1.54) is 5.56 Å². The Bertz CT molecular complexity index is 682. The Morgan fingerprint density at radius 2 is 2.19 bits per heavy atom. The average Bonchev–Trinajstić information content (AvgIpc) is 2.93. The minimum absolute atomic E-state index is 0.000275. The van der Waals surface area contributed by atoms with E-state index in [2.05, 4.69) is 17.0 Å². The van der Waals surface area contributed by atoms with E-state index in [1.54, 1.807) is 14.2 Å². The molecule has 4 rings (SSSR count). The Balaban J connectivity index is 1.46. The highest BCUT2D eigenvalue weighted by Gasteiger charge is 2.58. The van der Waals surface area contributed by atoms with Crippen LogP contribution in [0.5, 0.6) is 5.75 Å². The summed E-state index contributed by atoms with van der Waals surface area (Å²) in [5, 5.41) is 0. The second-order valence-corrected chi connectivity index (χ2v) is 8.04. The highest BCUT2D eigenvalue weighted by Crippen LogP contribution is 2.48. The summed E-state index contributed by atoms with van der Waals surface area (Å²) in [4.78, 5) is 17.7. The van der Waals surface area contributed by atoms with Gasteiger partial charge in [0, 0.05) is 39.8 Å². The zero-order valence-electron chi connectivity index (χ0n) is 16.4. The summed E-state index contributed by atoms with van der Waals surface area (Å²) >= 11 is 0.